The van der Waals surface area contributed by atoms with E-state index in [1.807, 2.05) is 39.3 Å². The van der Waals surface area contributed by atoms with E-state index in [-0.39, 0.29) is 18.1 Å². The van der Waals surface area contributed by atoms with Crippen molar-refractivity contribution in [3.8, 4) is 0 Å². The molecule has 120 valence electrons. The van der Waals surface area contributed by atoms with E-state index in [9.17, 15) is 9.90 Å². The molecule has 6 nitrogen and oxygen atoms in total. The second-order valence-electron chi connectivity index (χ2n) is 6.17. The molecule has 0 aliphatic heterocycles. The van der Waals surface area contributed by atoms with E-state index < -0.39 is 0 Å². The topological polar surface area (TPSA) is 79.2 Å². The first-order valence-corrected chi connectivity index (χ1v) is 7.50. The van der Waals surface area contributed by atoms with E-state index in [4.69, 9.17) is 0 Å². The van der Waals surface area contributed by atoms with Crippen molar-refractivity contribution in [2.75, 3.05) is 18.5 Å². The van der Waals surface area contributed by atoms with Gasteiger partial charge in [0.2, 0.25) is 0 Å². The van der Waals surface area contributed by atoms with Gasteiger partial charge in [-0.1, -0.05) is 13.8 Å². The molecule has 3 N–H and O–H groups in total. The third kappa shape index (κ3) is 5.04. The Hall–Kier alpha value is -1.56. The van der Waals surface area contributed by atoms with Gasteiger partial charge in [-0.3, -0.25) is 4.68 Å². The average Bonchev–Trinajstić information content (AvgIpc) is 2.71. The number of nitrogens with one attached hydrogen (secondary N) is 2. The van der Waals surface area contributed by atoms with Crippen LogP contribution in [0.4, 0.5) is 10.5 Å². The maximum absolute atomic E-state index is 11.9. The summed E-state index contributed by atoms with van der Waals surface area (Å²) in [6, 6.07) is -0.210. The van der Waals surface area contributed by atoms with Crippen LogP contribution in [0.5, 0.6) is 0 Å². The lowest BCUT2D eigenvalue weighted by Gasteiger charge is -2.21. The molecule has 1 rings (SSSR count). The van der Waals surface area contributed by atoms with Crippen LogP contribution in [0.3, 0.4) is 0 Å². The number of aliphatic hydroxyl groups excluding tert-OH is 1. The summed E-state index contributed by atoms with van der Waals surface area (Å²) in [6.07, 6.45) is 1.71. The number of hydrogen-bond donors (Lipinski definition) is 3. The molecular weight excluding hydrogens is 268 g/mol. The molecule has 21 heavy (non-hydrogen) atoms. The molecule has 0 atom stereocenters. The SMILES string of the molecule is CCn1nc(C)c(NC(=O)NCCCC(C)(C)CO)c1C. The predicted molar refractivity (Wildman–Crippen MR) is 84.5 cm³/mol. The highest BCUT2D eigenvalue weighted by Gasteiger charge is 2.16. The summed E-state index contributed by atoms with van der Waals surface area (Å²) in [5.74, 6) is 0. The Morgan fingerprint density at radius 3 is 2.57 bits per heavy atom. The minimum Gasteiger partial charge on any atom is -0.396 e. The van der Waals surface area contributed by atoms with Crippen molar-refractivity contribution in [1.29, 1.82) is 0 Å². The monoisotopic (exact) mass is 296 g/mol. The first kappa shape index (κ1) is 17.5. The van der Waals surface area contributed by atoms with Gasteiger partial charge in [0.1, 0.15) is 0 Å². The molecule has 0 aromatic carbocycles. The van der Waals surface area contributed by atoms with Crippen molar-refractivity contribution >= 4 is 11.7 Å². The van der Waals surface area contributed by atoms with Gasteiger partial charge in [-0.2, -0.15) is 5.10 Å². The minimum absolute atomic E-state index is 0.0897. The smallest absolute Gasteiger partial charge is 0.319 e. The zero-order chi connectivity index (χ0) is 16.0. The maximum atomic E-state index is 11.9. The third-order valence-corrected chi connectivity index (χ3v) is 3.66. The van der Waals surface area contributed by atoms with Crippen LogP contribution in [0.15, 0.2) is 0 Å². The fourth-order valence-corrected chi connectivity index (χ4v) is 2.19. The lowest BCUT2D eigenvalue weighted by atomic mass is 9.89. The highest BCUT2D eigenvalue weighted by atomic mass is 16.3. The van der Waals surface area contributed by atoms with E-state index in [1.54, 1.807) is 0 Å². The Balaban J connectivity index is 2.43. The van der Waals surface area contributed by atoms with Gasteiger partial charge in [0.05, 0.1) is 17.1 Å². The number of aromatic nitrogens is 2. The summed E-state index contributed by atoms with van der Waals surface area (Å²) in [7, 11) is 0. The second kappa shape index (κ2) is 7.45. The molecule has 0 saturated carbocycles. The molecule has 0 aliphatic rings. The molecule has 2 amide bonds. The summed E-state index contributed by atoms with van der Waals surface area (Å²) < 4.78 is 1.87. The van der Waals surface area contributed by atoms with Crippen molar-refractivity contribution in [2.45, 2.75) is 54.0 Å². The van der Waals surface area contributed by atoms with Crippen molar-refractivity contribution in [1.82, 2.24) is 15.1 Å². The fraction of sp³-hybridized carbons (Fsp3) is 0.733. The molecule has 0 fully saturated rings. The Morgan fingerprint density at radius 2 is 2.05 bits per heavy atom. The molecule has 0 radical (unpaired) electrons. The largest absolute Gasteiger partial charge is 0.396 e. The van der Waals surface area contributed by atoms with Crippen LogP contribution in [0.1, 0.15) is 45.0 Å². The molecule has 1 aromatic heterocycles. The molecular formula is C15H28N4O2. The molecule has 0 unspecified atom stereocenters. The fourth-order valence-electron chi connectivity index (χ4n) is 2.19. The van der Waals surface area contributed by atoms with Crippen molar-refractivity contribution in [2.24, 2.45) is 5.41 Å². The normalized spacial score (nSPS) is 11.5. The number of urea groups is 1. The summed E-state index contributed by atoms with van der Waals surface area (Å²) in [4.78, 5) is 11.9. The highest BCUT2D eigenvalue weighted by molar-refractivity contribution is 5.90. The van der Waals surface area contributed by atoms with Gasteiger partial charge in [0.15, 0.2) is 0 Å². The van der Waals surface area contributed by atoms with Crippen LogP contribution in [0, 0.1) is 19.3 Å². The van der Waals surface area contributed by atoms with Crippen molar-refractivity contribution in [3.05, 3.63) is 11.4 Å². The number of anilines is 1. The molecule has 0 bridgehead atoms. The zero-order valence-electron chi connectivity index (χ0n) is 13.8. The molecule has 0 spiro atoms. The second-order valence-corrected chi connectivity index (χ2v) is 6.17. The van der Waals surface area contributed by atoms with Gasteiger partial charge in [0.25, 0.3) is 0 Å². The summed E-state index contributed by atoms with van der Waals surface area (Å²) in [5, 5.41) is 19.2. The number of amides is 2. The van der Waals surface area contributed by atoms with E-state index in [2.05, 4.69) is 15.7 Å². The zero-order valence-corrected chi connectivity index (χ0v) is 13.8. The number of hydrogen-bond acceptors (Lipinski definition) is 3. The van der Waals surface area contributed by atoms with Crippen LogP contribution in [-0.2, 0) is 6.54 Å². The molecule has 1 aromatic rings. The number of aryl methyl sites for hydroxylation is 2. The van der Waals surface area contributed by atoms with Gasteiger partial charge in [0, 0.05) is 19.7 Å². The van der Waals surface area contributed by atoms with Gasteiger partial charge in [-0.25, -0.2) is 4.79 Å². The first-order valence-electron chi connectivity index (χ1n) is 7.50. The van der Waals surface area contributed by atoms with Crippen LogP contribution < -0.4 is 10.6 Å². The Labute approximate surface area is 126 Å². The van der Waals surface area contributed by atoms with E-state index >= 15 is 0 Å². The standard InChI is InChI=1S/C15H28N4O2/c1-6-19-12(3)13(11(2)18-19)17-14(21)16-9-7-8-15(4,5)10-20/h20H,6-10H2,1-5H3,(H2,16,17,21). The summed E-state index contributed by atoms with van der Waals surface area (Å²) >= 11 is 0. The lowest BCUT2D eigenvalue weighted by molar-refractivity contribution is 0.148. The number of carbonyl (C=O) groups excluding carboxylic acids is 1. The van der Waals surface area contributed by atoms with Crippen LogP contribution in [-0.4, -0.2) is 34.1 Å². The number of carbonyl (C=O) groups is 1. The van der Waals surface area contributed by atoms with Crippen LogP contribution >= 0.6 is 0 Å². The predicted octanol–water partition coefficient (Wildman–Crippen LogP) is 2.44. The van der Waals surface area contributed by atoms with Gasteiger partial charge >= 0.3 is 6.03 Å². The number of rotatable bonds is 7. The Bertz CT molecular complexity index is 480. The van der Waals surface area contributed by atoms with E-state index in [0.29, 0.717) is 6.54 Å². The summed E-state index contributed by atoms with van der Waals surface area (Å²) in [5.41, 5.74) is 2.48. The highest BCUT2D eigenvalue weighted by Crippen LogP contribution is 2.21. The first-order chi connectivity index (χ1) is 9.80. The number of aliphatic hydroxyl groups is 1. The van der Waals surface area contributed by atoms with Crippen LogP contribution in [0.25, 0.3) is 0 Å². The third-order valence-electron chi connectivity index (χ3n) is 3.66. The van der Waals surface area contributed by atoms with E-state index in [0.717, 1.165) is 36.5 Å². The molecule has 1 heterocycles. The Kier molecular flexibility index (Phi) is 6.20. The van der Waals surface area contributed by atoms with E-state index in [1.165, 1.54) is 0 Å². The molecule has 6 heteroatoms. The molecule has 0 aliphatic carbocycles. The van der Waals surface area contributed by atoms with Crippen molar-refractivity contribution < 1.29 is 9.90 Å². The van der Waals surface area contributed by atoms with Gasteiger partial charge in [-0.05, 0) is 39.0 Å². The Morgan fingerprint density at radius 1 is 1.38 bits per heavy atom. The lowest BCUT2D eigenvalue weighted by Crippen LogP contribution is -2.30. The van der Waals surface area contributed by atoms with Gasteiger partial charge in [-0.15, -0.1) is 0 Å². The molecule has 0 saturated heterocycles. The van der Waals surface area contributed by atoms with Gasteiger partial charge < -0.3 is 15.7 Å². The maximum Gasteiger partial charge on any atom is 0.319 e. The van der Waals surface area contributed by atoms with Crippen molar-refractivity contribution in [3.63, 3.8) is 0 Å². The quantitative estimate of drug-likeness (QED) is 0.676. The minimum atomic E-state index is -0.210. The number of nitrogens with zero attached hydrogens (tertiary/aromatic N) is 2. The summed E-state index contributed by atoms with van der Waals surface area (Å²) in [6.45, 7) is 11.4. The van der Waals surface area contributed by atoms with Crippen LogP contribution in [0.2, 0.25) is 0 Å². The average molecular weight is 296 g/mol.